The molecule has 2 rings (SSSR count). The summed E-state index contributed by atoms with van der Waals surface area (Å²) < 4.78 is 27.7. The average Bonchev–Trinajstić information content (AvgIpc) is 2.87. The average molecular weight is 299 g/mol. The largest absolute Gasteiger partial charge is 0.389 e. The van der Waals surface area contributed by atoms with Gasteiger partial charge in [0.25, 0.3) is 0 Å². The smallest absolute Gasteiger partial charge is 0.182 e. The van der Waals surface area contributed by atoms with Gasteiger partial charge < -0.3 is 16.0 Å². The molecule has 1 saturated heterocycles. The third-order valence-electron chi connectivity index (χ3n) is 3.48. The highest BCUT2D eigenvalue weighted by Crippen LogP contribution is 2.21. The molecule has 1 fully saturated rings. The standard InChI is InChI=1S/C14H19F2N3S/c1-9(8-19-6-2-3-7-19)18-11-5-4-10(14(17)20)12(15)13(11)16/h4-5,9,18H,2-3,6-8H2,1H3,(H2,17,20). The summed E-state index contributed by atoms with van der Waals surface area (Å²) in [4.78, 5) is 2.17. The van der Waals surface area contributed by atoms with Crippen molar-refractivity contribution in [3.8, 4) is 0 Å². The van der Waals surface area contributed by atoms with E-state index in [4.69, 9.17) is 5.73 Å². The molecule has 1 aromatic rings. The number of benzene rings is 1. The lowest BCUT2D eigenvalue weighted by atomic mass is 10.1. The predicted molar refractivity (Wildman–Crippen MR) is 81.0 cm³/mol. The summed E-state index contributed by atoms with van der Waals surface area (Å²) in [6, 6.07) is 2.93. The van der Waals surface area contributed by atoms with E-state index in [0.717, 1.165) is 19.6 Å². The maximum Gasteiger partial charge on any atom is 0.182 e. The van der Waals surface area contributed by atoms with Gasteiger partial charge in [0, 0.05) is 18.2 Å². The number of thiocarbonyl (C=S) groups is 1. The van der Waals surface area contributed by atoms with Gasteiger partial charge in [-0.1, -0.05) is 12.2 Å². The zero-order chi connectivity index (χ0) is 14.7. The van der Waals surface area contributed by atoms with Crippen molar-refractivity contribution in [2.24, 2.45) is 5.73 Å². The SMILES string of the molecule is CC(CN1CCCC1)Nc1ccc(C(N)=S)c(F)c1F. The molecule has 0 aromatic heterocycles. The van der Waals surface area contributed by atoms with Gasteiger partial charge in [-0.05, 0) is 45.0 Å². The van der Waals surface area contributed by atoms with Crippen LogP contribution in [0.5, 0.6) is 0 Å². The first-order valence-corrected chi connectivity index (χ1v) is 7.16. The lowest BCUT2D eigenvalue weighted by molar-refractivity contribution is 0.327. The van der Waals surface area contributed by atoms with Crippen molar-refractivity contribution in [1.29, 1.82) is 0 Å². The highest BCUT2D eigenvalue weighted by atomic mass is 32.1. The van der Waals surface area contributed by atoms with Crippen molar-refractivity contribution >= 4 is 22.9 Å². The molecule has 0 bridgehead atoms. The van der Waals surface area contributed by atoms with Crippen LogP contribution in [0.2, 0.25) is 0 Å². The fourth-order valence-electron chi connectivity index (χ4n) is 2.51. The van der Waals surface area contributed by atoms with E-state index >= 15 is 0 Å². The molecule has 0 amide bonds. The zero-order valence-electron chi connectivity index (χ0n) is 11.5. The van der Waals surface area contributed by atoms with Crippen molar-refractivity contribution in [3.05, 3.63) is 29.3 Å². The van der Waals surface area contributed by atoms with Crippen molar-refractivity contribution in [2.45, 2.75) is 25.8 Å². The Morgan fingerprint density at radius 2 is 2.00 bits per heavy atom. The number of likely N-dealkylation sites (tertiary alicyclic amines) is 1. The van der Waals surface area contributed by atoms with Crippen LogP contribution in [0.3, 0.4) is 0 Å². The Bertz CT molecular complexity index is 501. The molecular formula is C14H19F2N3S. The first kappa shape index (κ1) is 15.1. The predicted octanol–water partition coefficient (Wildman–Crippen LogP) is 2.50. The summed E-state index contributed by atoms with van der Waals surface area (Å²) in [5.74, 6) is -1.92. The Balaban J connectivity index is 2.05. The molecule has 0 spiro atoms. The van der Waals surface area contributed by atoms with Crippen LogP contribution in [0.15, 0.2) is 12.1 Å². The van der Waals surface area contributed by atoms with Gasteiger partial charge in [0.2, 0.25) is 0 Å². The highest BCUT2D eigenvalue weighted by molar-refractivity contribution is 7.80. The molecule has 3 nitrogen and oxygen atoms in total. The first-order valence-electron chi connectivity index (χ1n) is 6.75. The van der Waals surface area contributed by atoms with E-state index in [1.807, 2.05) is 6.92 Å². The number of nitrogens with zero attached hydrogens (tertiary/aromatic N) is 1. The van der Waals surface area contributed by atoms with Gasteiger partial charge >= 0.3 is 0 Å². The number of nitrogens with one attached hydrogen (secondary N) is 1. The number of rotatable bonds is 5. The van der Waals surface area contributed by atoms with Crippen molar-refractivity contribution in [3.63, 3.8) is 0 Å². The van der Waals surface area contributed by atoms with Crippen LogP contribution in [0.4, 0.5) is 14.5 Å². The molecule has 20 heavy (non-hydrogen) atoms. The summed E-state index contributed by atoms with van der Waals surface area (Å²) in [6.45, 7) is 4.92. The van der Waals surface area contributed by atoms with Crippen LogP contribution in [-0.4, -0.2) is 35.6 Å². The number of nitrogens with two attached hydrogens (primary N) is 1. The van der Waals surface area contributed by atoms with Gasteiger partial charge in [0.05, 0.1) is 5.69 Å². The Kier molecular flexibility index (Phi) is 4.88. The van der Waals surface area contributed by atoms with E-state index in [1.165, 1.54) is 25.0 Å². The summed E-state index contributed by atoms with van der Waals surface area (Å²) in [7, 11) is 0. The van der Waals surface area contributed by atoms with Crippen LogP contribution < -0.4 is 11.1 Å². The van der Waals surface area contributed by atoms with Gasteiger partial charge in [-0.2, -0.15) is 0 Å². The second kappa shape index (κ2) is 6.45. The second-order valence-electron chi connectivity index (χ2n) is 5.21. The van der Waals surface area contributed by atoms with E-state index < -0.39 is 11.6 Å². The molecule has 1 heterocycles. The van der Waals surface area contributed by atoms with Crippen LogP contribution in [-0.2, 0) is 0 Å². The maximum atomic E-state index is 13.9. The van der Waals surface area contributed by atoms with E-state index in [2.05, 4.69) is 22.4 Å². The molecule has 3 N–H and O–H groups in total. The topological polar surface area (TPSA) is 41.3 Å². The molecule has 6 heteroatoms. The molecule has 0 saturated carbocycles. The summed E-state index contributed by atoms with van der Waals surface area (Å²) in [6.07, 6.45) is 2.41. The van der Waals surface area contributed by atoms with Gasteiger partial charge in [0.1, 0.15) is 4.99 Å². The molecule has 110 valence electrons. The lowest BCUT2D eigenvalue weighted by Gasteiger charge is -2.22. The molecule has 1 aliphatic heterocycles. The molecular weight excluding hydrogens is 280 g/mol. The van der Waals surface area contributed by atoms with Crippen LogP contribution in [0.25, 0.3) is 0 Å². The fourth-order valence-corrected chi connectivity index (χ4v) is 2.67. The molecule has 1 unspecified atom stereocenters. The highest BCUT2D eigenvalue weighted by Gasteiger charge is 2.18. The Labute approximate surface area is 123 Å². The fraction of sp³-hybridized carbons (Fsp3) is 0.500. The van der Waals surface area contributed by atoms with Crippen molar-refractivity contribution < 1.29 is 8.78 Å². The molecule has 1 atom stereocenters. The van der Waals surface area contributed by atoms with E-state index in [1.54, 1.807) is 0 Å². The van der Waals surface area contributed by atoms with Gasteiger partial charge in [-0.15, -0.1) is 0 Å². The quantitative estimate of drug-likeness (QED) is 0.820. The minimum absolute atomic E-state index is 0.0395. The second-order valence-corrected chi connectivity index (χ2v) is 5.65. The van der Waals surface area contributed by atoms with E-state index in [9.17, 15) is 8.78 Å². The Hall–Kier alpha value is -1.27. The summed E-state index contributed by atoms with van der Waals surface area (Å²) >= 11 is 4.68. The van der Waals surface area contributed by atoms with Crippen LogP contribution in [0.1, 0.15) is 25.3 Å². The van der Waals surface area contributed by atoms with Crippen molar-refractivity contribution in [1.82, 2.24) is 4.90 Å². The number of anilines is 1. The molecule has 0 aliphatic carbocycles. The van der Waals surface area contributed by atoms with Gasteiger partial charge in [-0.3, -0.25) is 0 Å². The normalized spacial score (nSPS) is 17.1. The van der Waals surface area contributed by atoms with E-state index in [-0.39, 0.29) is 22.3 Å². The third-order valence-corrected chi connectivity index (χ3v) is 3.70. The number of halogens is 2. The summed E-state index contributed by atoms with van der Waals surface area (Å²) in [5.41, 5.74) is 5.43. The third kappa shape index (κ3) is 3.43. The lowest BCUT2D eigenvalue weighted by Crippen LogP contribution is -2.33. The van der Waals surface area contributed by atoms with Gasteiger partial charge in [0.15, 0.2) is 11.6 Å². The monoisotopic (exact) mass is 299 g/mol. The van der Waals surface area contributed by atoms with Crippen molar-refractivity contribution in [2.75, 3.05) is 25.0 Å². The first-order chi connectivity index (χ1) is 9.49. The van der Waals surface area contributed by atoms with Crippen LogP contribution in [0, 0.1) is 11.6 Å². The van der Waals surface area contributed by atoms with Gasteiger partial charge in [-0.25, -0.2) is 8.78 Å². The number of hydrogen-bond donors (Lipinski definition) is 2. The Morgan fingerprint density at radius 3 is 2.60 bits per heavy atom. The number of hydrogen-bond acceptors (Lipinski definition) is 3. The van der Waals surface area contributed by atoms with E-state index in [0.29, 0.717) is 0 Å². The molecule has 0 radical (unpaired) electrons. The minimum atomic E-state index is -0.990. The minimum Gasteiger partial charge on any atom is -0.389 e. The Morgan fingerprint density at radius 1 is 1.35 bits per heavy atom. The molecule has 1 aliphatic rings. The van der Waals surface area contributed by atoms with Crippen LogP contribution >= 0.6 is 12.2 Å². The summed E-state index contributed by atoms with van der Waals surface area (Å²) in [5, 5.41) is 3.00. The zero-order valence-corrected chi connectivity index (χ0v) is 12.3. The maximum absolute atomic E-state index is 13.9. The molecule has 1 aromatic carbocycles.